The highest BCUT2D eigenvalue weighted by Crippen LogP contribution is 2.29. The van der Waals surface area contributed by atoms with Crippen LogP contribution in [-0.4, -0.2) is 11.3 Å². The fourth-order valence-corrected chi connectivity index (χ4v) is 1.19. The van der Waals surface area contributed by atoms with E-state index >= 15 is 0 Å². The standard InChI is InChI=1S/C9H5F5N2O/c1-4-7(8(10)11)5(3-15)2-6(16-4)17-9(12,13)14/h2,8H,1H3. The maximum atomic E-state index is 12.5. The number of pyridine rings is 1. The van der Waals surface area contributed by atoms with Crippen molar-refractivity contribution in [2.75, 3.05) is 0 Å². The predicted octanol–water partition coefficient (Wildman–Crippen LogP) is 3.10. The van der Waals surface area contributed by atoms with Crippen LogP contribution in [0.2, 0.25) is 0 Å². The molecule has 0 radical (unpaired) electrons. The molecule has 0 unspecified atom stereocenters. The van der Waals surface area contributed by atoms with Crippen LogP contribution in [0.4, 0.5) is 22.0 Å². The number of ether oxygens (including phenoxy) is 1. The maximum Gasteiger partial charge on any atom is 0.574 e. The minimum atomic E-state index is -4.99. The zero-order valence-corrected chi connectivity index (χ0v) is 8.35. The minimum Gasteiger partial charge on any atom is -0.388 e. The van der Waals surface area contributed by atoms with E-state index in [2.05, 4.69) is 9.72 Å². The molecule has 0 N–H and O–H groups in total. The van der Waals surface area contributed by atoms with E-state index in [4.69, 9.17) is 5.26 Å². The molecule has 0 amide bonds. The molecular formula is C9H5F5N2O. The topological polar surface area (TPSA) is 45.9 Å². The van der Waals surface area contributed by atoms with E-state index in [1.807, 2.05) is 0 Å². The quantitative estimate of drug-likeness (QED) is 0.760. The summed E-state index contributed by atoms with van der Waals surface area (Å²) in [5, 5.41) is 8.57. The van der Waals surface area contributed by atoms with Crippen molar-refractivity contribution in [1.29, 1.82) is 5.26 Å². The van der Waals surface area contributed by atoms with Crippen LogP contribution in [0.15, 0.2) is 6.07 Å². The SMILES string of the molecule is Cc1nc(OC(F)(F)F)cc(C#N)c1C(F)F. The van der Waals surface area contributed by atoms with Gasteiger partial charge in [-0.1, -0.05) is 0 Å². The van der Waals surface area contributed by atoms with Gasteiger partial charge in [0, 0.05) is 6.07 Å². The summed E-state index contributed by atoms with van der Waals surface area (Å²) >= 11 is 0. The molecule has 3 nitrogen and oxygen atoms in total. The zero-order valence-electron chi connectivity index (χ0n) is 8.35. The van der Waals surface area contributed by atoms with Gasteiger partial charge in [-0.15, -0.1) is 13.2 Å². The summed E-state index contributed by atoms with van der Waals surface area (Å²) in [5.74, 6) is -0.934. The smallest absolute Gasteiger partial charge is 0.388 e. The minimum absolute atomic E-state index is 0.377. The second kappa shape index (κ2) is 4.53. The molecule has 0 spiro atoms. The van der Waals surface area contributed by atoms with Crippen molar-refractivity contribution in [1.82, 2.24) is 4.98 Å². The van der Waals surface area contributed by atoms with Crippen LogP contribution in [0, 0.1) is 18.3 Å². The van der Waals surface area contributed by atoms with Gasteiger partial charge < -0.3 is 4.74 Å². The van der Waals surface area contributed by atoms with Gasteiger partial charge in [0.1, 0.15) is 0 Å². The number of nitrogens with zero attached hydrogens (tertiary/aromatic N) is 2. The van der Waals surface area contributed by atoms with Gasteiger partial charge in [0.15, 0.2) is 0 Å². The van der Waals surface area contributed by atoms with Crippen molar-refractivity contribution >= 4 is 0 Å². The largest absolute Gasteiger partial charge is 0.574 e. The van der Waals surface area contributed by atoms with Gasteiger partial charge >= 0.3 is 6.36 Å². The van der Waals surface area contributed by atoms with E-state index in [0.29, 0.717) is 6.07 Å². The molecule has 0 aliphatic rings. The zero-order chi connectivity index (χ0) is 13.2. The number of aromatic nitrogens is 1. The lowest BCUT2D eigenvalue weighted by atomic mass is 10.1. The Morgan fingerprint density at radius 3 is 2.41 bits per heavy atom. The normalized spacial score (nSPS) is 11.4. The first-order valence-electron chi connectivity index (χ1n) is 4.20. The second-order valence-electron chi connectivity index (χ2n) is 2.97. The molecule has 0 aliphatic heterocycles. The highest BCUT2D eigenvalue weighted by atomic mass is 19.4. The van der Waals surface area contributed by atoms with Gasteiger partial charge in [-0.25, -0.2) is 13.8 Å². The number of alkyl halides is 5. The highest BCUT2D eigenvalue weighted by molar-refractivity contribution is 5.43. The summed E-state index contributed by atoms with van der Waals surface area (Å²) in [6.07, 6.45) is -7.98. The van der Waals surface area contributed by atoms with Crippen LogP contribution in [-0.2, 0) is 0 Å². The molecule has 0 fully saturated rings. The average Bonchev–Trinajstić information content (AvgIpc) is 2.12. The van der Waals surface area contributed by atoms with Gasteiger partial charge in [-0.2, -0.15) is 5.26 Å². The molecule has 0 aromatic carbocycles. The van der Waals surface area contributed by atoms with Gasteiger partial charge in [-0.3, -0.25) is 0 Å². The Bertz CT molecular complexity index is 464. The Kier molecular flexibility index (Phi) is 3.50. The van der Waals surface area contributed by atoms with E-state index in [1.165, 1.54) is 6.07 Å². The number of aryl methyl sites for hydroxylation is 1. The molecule has 8 heteroatoms. The maximum absolute atomic E-state index is 12.5. The summed E-state index contributed by atoms with van der Waals surface area (Å²) in [6.45, 7) is 1.07. The van der Waals surface area contributed by atoms with Crippen molar-refractivity contribution < 1.29 is 26.7 Å². The van der Waals surface area contributed by atoms with Crippen molar-refractivity contribution in [3.05, 3.63) is 22.9 Å². The molecular weight excluding hydrogens is 247 g/mol. The number of hydrogen-bond donors (Lipinski definition) is 0. The number of nitriles is 1. The van der Waals surface area contributed by atoms with Gasteiger partial charge in [-0.05, 0) is 6.92 Å². The molecule has 1 heterocycles. The molecule has 17 heavy (non-hydrogen) atoms. The van der Waals surface area contributed by atoms with Crippen LogP contribution in [0.3, 0.4) is 0 Å². The summed E-state index contributed by atoms with van der Waals surface area (Å²) in [4.78, 5) is 3.22. The molecule has 0 saturated carbocycles. The molecule has 0 saturated heterocycles. The number of rotatable bonds is 2. The molecule has 1 rings (SSSR count). The fraction of sp³-hybridized carbons (Fsp3) is 0.333. The number of halogens is 5. The predicted molar refractivity (Wildman–Crippen MR) is 45.3 cm³/mol. The van der Waals surface area contributed by atoms with Crippen molar-refractivity contribution in [2.24, 2.45) is 0 Å². The van der Waals surface area contributed by atoms with Crippen molar-refractivity contribution in [2.45, 2.75) is 19.7 Å². The van der Waals surface area contributed by atoms with Crippen LogP contribution in [0.25, 0.3) is 0 Å². The Labute approximate surface area is 92.4 Å². The summed E-state index contributed by atoms with van der Waals surface area (Å²) in [6, 6.07) is 1.91. The van der Waals surface area contributed by atoms with Crippen LogP contribution >= 0.6 is 0 Å². The van der Waals surface area contributed by atoms with Crippen LogP contribution in [0.1, 0.15) is 23.2 Å². The first kappa shape index (κ1) is 13.2. The van der Waals surface area contributed by atoms with E-state index in [9.17, 15) is 22.0 Å². The van der Waals surface area contributed by atoms with Crippen molar-refractivity contribution in [3.63, 3.8) is 0 Å². The van der Waals surface area contributed by atoms with Gasteiger partial charge in [0.05, 0.1) is 22.9 Å². The van der Waals surface area contributed by atoms with Crippen molar-refractivity contribution in [3.8, 4) is 11.9 Å². The average molecular weight is 252 g/mol. The number of hydrogen-bond acceptors (Lipinski definition) is 3. The molecule has 0 bridgehead atoms. The lowest BCUT2D eigenvalue weighted by Crippen LogP contribution is -2.18. The Hall–Kier alpha value is -1.91. The van der Waals surface area contributed by atoms with Crippen LogP contribution in [0.5, 0.6) is 5.88 Å². The van der Waals surface area contributed by atoms with E-state index < -0.39 is 29.8 Å². The highest BCUT2D eigenvalue weighted by Gasteiger charge is 2.32. The summed E-state index contributed by atoms with van der Waals surface area (Å²) in [5.41, 5.74) is -1.66. The first-order chi connectivity index (χ1) is 7.74. The third kappa shape index (κ3) is 3.27. The molecule has 0 aliphatic carbocycles. The lowest BCUT2D eigenvalue weighted by molar-refractivity contribution is -0.276. The molecule has 1 aromatic heterocycles. The summed E-state index contributed by atoms with van der Waals surface area (Å²) in [7, 11) is 0. The third-order valence-electron chi connectivity index (χ3n) is 1.78. The molecule has 0 atom stereocenters. The molecule has 1 aromatic rings. The van der Waals surface area contributed by atoms with Gasteiger partial charge in [0.2, 0.25) is 5.88 Å². The summed E-state index contributed by atoms with van der Waals surface area (Å²) < 4.78 is 64.1. The van der Waals surface area contributed by atoms with Crippen LogP contribution < -0.4 is 4.74 Å². The second-order valence-corrected chi connectivity index (χ2v) is 2.97. The van der Waals surface area contributed by atoms with E-state index in [1.54, 1.807) is 0 Å². The molecule has 92 valence electrons. The van der Waals surface area contributed by atoms with E-state index in [-0.39, 0.29) is 5.69 Å². The fourth-order valence-electron chi connectivity index (χ4n) is 1.19. The monoisotopic (exact) mass is 252 g/mol. The first-order valence-corrected chi connectivity index (χ1v) is 4.20. The lowest BCUT2D eigenvalue weighted by Gasteiger charge is -2.11. The Morgan fingerprint density at radius 2 is 2.00 bits per heavy atom. The Morgan fingerprint density at radius 1 is 1.41 bits per heavy atom. The third-order valence-corrected chi connectivity index (χ3v) is 1.78. The Balaban J connectivity index is 3.24. The van der Waals surface area contributed by atoms with Gasteiger partial charge in [0.25, 0.3) is 6.43 Å². The van der Waals surface area contributed by atoms with E-state index in [0.717, 1.165) is 6.92 Å².